The highest BCUT2D eigenvalue weighted by Crippen LogP contribution is 2.27. The summed E-state index contributed by atoms with van der Waals surface area (Å²) in [5, 5.41) is 5.47. The molecule has 1 aromatic rings. The summed E-state index contributed by atoms with van der Waals surface area (Å²) < 4.78 is 0. The van der Waals surface area contributed by atoms with Crippen LogP contribution in [0, 0.1) is 10.8 Å². The number of halogens is 1. The van der Waals surface area contributed by atoms with Crippen molar-refractivity contribution in [3.8, 4) is 0 Å². The summed E-state index contributed by atoms with van der Waals surface area (Å²) in [6, 6.07) is 4.57. The molecule has 0 heterocycles. The third-order valence-corrected chi connectivity index (χ3v) is 4.17. The lowest BCUT2D eigenvalue weighted by molar-refractivity contribution is -0.132. The number of carbonyl (C=O) groups is 4. The molecule has 0 aliphatic carbocycles. The van der Waals surface area contributed by atoms with Crippen LogP contribution >= 0.6 is 11.6 Å². The highest BCUT2D eigenvalue weighted by molar-refractivity contribution is 6.34. The van der Waals surface area contributed by atoms with E-state index >= 15 is 0 Å². The molecular formula is C20H27ClN2O4. The quantitative estimate of drug-likeness (QED) is 0.706. The van der Waals surface area contributed by atoms with E-state index in [0.717, 1.165) is 0 Å². The van der Waals surface area contributed by atoms with Gasteiger partial charge in [-0.05, 0) is 18.2 Å². The molecule has 2 amide bonds. The van der Waals surface area contributed by atoms with E-state index in [1.54, 1.807) is 47.6 Å². The Hall–Kier alpha value is -2.21. The number of nitrogens with one attached hydrogen (secondary N) is 2. The third-order valence-electron chi connectivity index (χ3n) is 3.84. The van der Waals surface area contributed by atoms with Gasteiger partial charge >= 0.3 is 0 Å². The van der Waals surface area contributed by atoms with Crippen LogP contribution in [0.15, 0.2) is 18.2 Å². The van der Waals surface area contributed by atoms with Crippen LogP contribution in [-0.4, -0.2) is 23.4 Å². The summed E-state index contributed by atoms with van der Waals surface area (Å²) >= 11 is 6.08. The van der Waals surface area contributed by atoms with Gasteiger partial charge in [0.1, 0.15) is 11.6 Å². The lowest BCUT2D eigenvalue weighted by Crippen LogP contribution is -2.26. The number of carbonyl (C=O) groups excluding carboxylic acids is 4. The number of ketones is 2. The van der Waals surface area contributed by atoms with E-state index in [2.05, 4.69) is 10.6 Å². The SMILES string of the molecule is CC(C)(C)C(=O)CC(=O)Nc1ccc(Cl)c(NC(=O)CC(=O)C(C)(C)C)c1. The Labute approximate surface area is 165 Å². The Morgan fingerprint density at radius 1 is 0.815 bits per heavy atom. The maximum Gasteiger partial charge on any atom is 0.231 e. The average Bonchev–Trinajstić information content (AvgIpc) is 2.48. The molecule has 0 aliphatic rings. The summed E-state index contributed by atoms with van der Waals surface area (Å²) in [4.78, 5) is 48.0. The zero-order valence-corrected chi connectivity index (χ0v) is 17.4. The van der Waals surface area contributed by atoms with E-state index in [-0.39, 0.29) is 35.1 Å². The first-order valence-electron chi connectivity index (χ1n) is 8.66. The smallest absolute Gasteiger partial charge is 0.231 e. The van der Waals surface area contributed by atoms with Gasteiger partial charge in [0, 0.05) is 16.5 Å². The molecule has 0 radical (unpaired) electrons. The number of hydrogen-bond acceptors (Lipinski definition) is 4. The molecule has 0 unspecified atom stereocenters. The summed E-state index contributed by atoms with van der Waals surface area (Å²) in [5.41, 5.74) is -0.543. The predicted octanol–water partition coefficient (Wildman–Crippen LogP) is 4.23. The van der Waals surface area contributed by atoms with E-state index in [0.29, 0.717) is 5.69 Å². The number of rotatable bonds is 6. The number of benzene rings is 1. The van der Waals surface area contributed by atoms with E-state index < -0.39 is 22.6 Å². The van der Waals surface area contributed by atoms with Crippen molar-refractivity contribution in [2.75, 3.05) is 10.6 Å². The van der Waals surface area contributed by atoms with Gasteiger partial charge in [-0.2, -0.15) is 0 Å². The minimum atomic E-state index is -0.615. The van der Waals surface area contributed by atoms with Gasteiger partial charge in [0.25, 0.3) is 0 Å². The Balaban J connectivity index is 2.80. The molecule has 0 saturated carbocycles. The molecule has 27 heavy (non-hydrogen) atoms. The molecule has 6 nitrogen and oxygen atoms in total. The second kappa shape index (κ2) is 8.65. The van der Waals surface area contributed by atoms with Crippen LogP contribution in [0.2, 0.25) is 5.02 Å². The van der Waals surface area contributed by atoms with Crippen molar-refractivity contribution >= 4 is 46.4 Å². The van der Waals surface area contributed by atoms with Gasteiger partial charge in [0.15, 0.2) is 0 Å². The van der Waals surface area contributed by atoms with Gasteiger partial charge in [-0.25, -0.2) is 0 Å². The molecule has 0 atom stereocenters. The minimum absolute atomic E-state index is 0.178. The van der Waals surface area contributed by atoms with Gasteiger partial charge in [-0.3, -0.25) is 19.2 Å². The largest absolute Gasteiger partial charge is 0.326 e. The Kier molecular flexibility index (Phi) is 7.32. The van der Waals surface area contributed by atoms with Gasteiger partial charge in [0.2, 0.25) is 11.8 Å². The fourth-order valence-corrected chi connectivity index (χ4v) is 2.09. The van der Waals surface area contributed by atoms with Crippen molar-refractivity contribution in [1.29, 1.82) is 0 Å². The van der Waals surface area contributed by atoms with Crippen LogP contribution in [0.1, 0.15) is 54.4 Å². The molecule has 1 rings (SSSR count). The van der Waals surface area contributed by atoms with Gasteiger partial charge in [-0.1, -0.05) is 53.1 Å². The monoisotopic (exact) mass is 394 g/mol. The molecule has 0 spiro atoms. The van der Waals surface area contributed by atoms with E-state index in [4.69, 9.17) is 11.6 Å². The minimum Gasteiger partial charge on any atom is -0.326 e. The van der Waals surface area contributed by atoms with Crippen molar-refractivity contribution in [3.63, 3.8) is 0 Å². The van der Waals surface area contributed by atoms with Crippen LogP contribution in [0.5, 0.6) is 0 Å². The van der Waals surface area contributed by atoms with Crippen molar-refractivity contribution in [1.82, 2.24) is 0 Å². The second-order valence-corrected chi connectivity index (χ2v) is 8.90. The fraction of sp³-hybridized carbons (Fsp3) is 0.500. The molecule has 0 fully saturated rings. The van der Waals surface area contributed by atoms with E-state index in [9.17, 15) is 19.2 Å². The standard InChI is InChI=1S/C20H27ClN2O4/c1-19(2,3)15(24)10-17(26)22-12-7-8-13(21)14(9-12)23-18(27)11-16(25)20(4,5)6/h7-9H,10-11H2,1-6H3,(H,22,26)(H,23,27). The molecule has 2 N–H and O–H groups in total. The van der Waals surface area contributed by atoms with Crippen molar-refractivity contribution in [2.24, 2.45) is 10.8 Å². The topological polar surface area (TPSA) is 92.3 Å². The molecule has 0 aliphatic heterocycles. The van der Waals surface area contributed by atoms with Crippen LogP contribution in [-0.2, 0) is 19.2 Å². The molecule has 0 aromatic heterocycles. The van der Waals surface area contributed by atoms with E-state index in [1.165, 1.54) is 12.1 Å². The van der Waals surface area contributed by atoms with Crippen molar-refractivity contribution in [2.45, 2.75) is 54.4 Å². The van der Waals surface area contributed by atoms with Crippen molar-refractivity contribution in [3.05, 3.63) is 23.2 Å². The first-order chi connectivity index (χ1) is 12.2. The Morgan fingerprint density at radius 2 is 1.26 bits per heavy atom. The number of anilines is 2. The Morgan fingerprint density at radius 3 is 1.70 bits per heavy atom. The number of hydrogen-bond donors (Lipinski definition) is 2. The zero-order chi connectivity index (χ0) is 21.0. The summed E-state index contributed by atoms with van der Waals surface area (Å²) in [7, 11) is 0. The highest BCUT2D eigenvalue weighted by atomic mass is 35.5. The molecule has 1 aromatic carbocycles. The zero-order valence-electron chi connectivity index (χ0n) is 16.7. The normalized spacial score (nSPS) is 11.7. The lowest BCUT2D eigenvalue weighted by atomic mass is 9.89. The van der Waals surface area contributed by atoms with E-state index in [1.807, 2.05) is 0 Å². The lowest BCUT2D eigenvalue weighted by Gasteiger charge is -2.17. The first-order valence-corrected chi connectivity index (χ1v) is 9.04. The maximum absolute atomic E-state index is 12.1. The van der Waals surface area contributed by atoms with Gasteiger partial charge < -0.3 is 10.6 Å². The maximum atomic E-state index is 12.1. The summed E-state index contributed by atoms with van der Waals surface area (Å²) in [6.07, 6.45) is -0.510. The Bertz CT molecular complexity index is 758. The van der Waals surface area contributed by atoms with Gasteiger partial charge in [0.05, 0.1) is 23.6 Å². The predicted molar refractivity (Wildman–Crippen MR) is 107 cm³/mol. The summed E-state index contributed by atoms with van der Waals surface area (Å²) in [5.74, 6) is -1.30. The van der Waals surface area contributed by atoms with Crippen molar-refractivity contribution < 1.29 is 19.2 Å². The summed E-state index contributed by atoms with van der Waals surface area (Å²) in [6.45, 7) is 10.5. The molecular weight excluding hydrogens is 368 g/mol. The average molecular weight is 395 g/mol. The second-order valence-electron chi connectivity index (χ2n) is 8.49. The molecule has 0 bridgehead atoms. The fourth-order valence-electron chi connectivity index (χ4n) is 1.92. The van der Waals surface area contributed by atoms with Gasteiger partial charge in [-0.15, -0.1) is 0 Å². The highest BCUT2D eigenvalue weighted by Gasteiger charge is 2.25. The van der Waals surface area contributed by atoms with Crippen LogP contribution in [0.3, 0.4) is 0 Å². The van der Waals surface area contributed by atoms with Crippen LogP contribution in [0.25, 0.3) is 0 Å². The first kappa shape index (κ1) is 22.8. The molecule has 148 valence electrons. The third kappa shape index (κ3) is 7.51. The number of Topliss-reactive ketones (excluding diaryl/α,β-unsaturated/α-hetero) is 2. The number of amides is 2. The van der Waals surface area contributed by atoms with Crippen LogP contribution in [0.4, 0.5) is 11.4 Å². The molecule has 7 heteroatoms. The molecule has 0 saturated heterocycles. The van der Waals surface area contributed by atoms with Crippen LogP contribution < -0.4 is 10.6 Å².